The summed E-state index contributed by atoms with van der Waals surface area (Å²) in [4.78, 5) is 25.8. The summed E-state index contributed by atoms with van der Waals surface area (Å²) in [6.45, 7) is 0. The van der Waals surface area contributed by atoms with Crippen LogP contribution in [0, 0.1) is 0 Å². The molecule has 0 radical (unpaired) electrons. The quantitative estimate of drug-likeness (QED) is 0.758. The molecule has 1 aliphatic heterocycles. The topological polar surface area (TPSA) is 37.4 Å². The molecule has 1 aliphatic rings. The Morgan fingerprint density at radius 2 is 1.79 bits per heavy atom. The van der Waals surface area contributed by atoms with Crippen LogP contribution in [-0.4, -0.2) is 11.8 Å². The minimum Gasteiger partial charge on any atom is -0.274 e. The van der Waals surface area contributed by atoms with Crippen LogP contribution in [0.3, 0.4) is 0 Å². The highest BCUT2D eigenvalue weighted by molar-refractivity contribution is 9.10. The molecule has 0 unspecified atom stereocenters. The lowest BCUT2D eigenvalue weighted by atomic mass is 9.98. The third-order valence-corrected chi connectivity index (χ3v) is 3.60. The number of benzene rings is 2. The molecule has 2 aromatic carbocycles. The summed E-state index contributed by atoms with van der Waals surface area (Å²) in [5, 5.41) is 0. The van der Waals surface area contributed by atoms with Crippen molar-refractivity contribution in [1.82, 2.24) is 0 Å². The normalized spacial score (nSPS) is 14.5. The number of halogens is 1. The highest BCUT2D eigenvalue weighted by atomic mass is 79.9. The van der Waals surface area contributed by atoms with E-state index < -0.39 is 0 Å². The van der Waals surface area contributed by atoms with Crippen LogP contribution in [0.2, 0.25) is 0 Å². The van der Waals surface area contributed by atoms with Crippen molar-refractivity contribution in [2.45, 2.75) is 6.42 Å². The summed E-state index contributed by atoms with van der Waals surface area (Å²) in [7, 11) is 0. The second-order valence-corrected chi connectivity index (χ2v) is 5.26. The lowest BCUT2D eigenvalue weighted by Gasteiger charge is -2.26. The molecule has 0 bridgehead atoms. The fourth-order valence-electron chi connectivity index (χ4n) is 2.24. The van der Waals surface area contributed by atoms with Crippen LogP contribution in [0.5, 0.6) is 0 Å². The molecule has 3 nitrogen and oxygen atoms in total. The van der Waals surface area contributed by atoms with E-state index >= 15 is 0 Å². The maximum absolute atomic E-state index is 12.4. The molecule has 0 aromatic heterocycles. The van der Waals surface area contributed by atoms with Crippen LogP contribution in [0.15, 0.2) is 53.0 Å². The summed E-state index contributed by atoms with van der Waals surface area (Å²) in [5.41, 5.74) is 1.99. The molecule has 2 aromatic rings. The fraction of sp³-hybridized carbons (Fsp3) is 0.0667. The molecule has 4 heteroatoms. The molecular weight excluding hydrogens is 306 g/mol. The predicted molar refractivity (Wildman–Crippen MR) is 76.1 cm³/mol. The van der Waals surface area contributed by atoms with Crippen LogP contribution in [0.1, 0.15) is 15.9 Å². The minimum absolute atomic E-state index is 0.193. The summed E-state index contributed by atoms with van der Waals surface area (Å²) in [6.07, 6.45) is 0.258. The van der Waals surface area contributed by atoms with Crippen molar-refractivity contribution in [1.29, 1.82) is 0 Å². The number of hydrogen-bond donors (Lipinski definition) is 0. The predicted octanol–water partition coefficient (Wildman–Crippen LogP) is 3.18. The summed E-state index contributed by atoms with van der Waals surface area (Å²) >= 11 is 3.35. The average Bonchev–Trinajstić information content (AvgIpc) is 2.39. The first-order chi connectivity index (χ1) is 9.16. The standard InChI is InChI=1S/C15H10BrNO2/c16-11-5-3-6-12(9-11)17-14(18)8-10-4-1-2-7-13(10)15(17)19/h1-7,9H,8H2. The van der Waals surface area contributed by atoms with Crippen molar-refractivity contribution in [3.63, 3.8) is 0 Å². The molecule has 0 N–H and O–H groups in total. The zero-order chi connectivity index (χ0) is 13.4. The number of rotatable bonds is 1. The van der Waals surface area contributed by atoms with Gasteiger partial charge in [0, 0.05) is 10.0 Å². The Bertz CT molecular complexity index is 681. The summed E-state index contributed by atoms with van der Waals surface area (Å²) in [5.74, 6) is -0.452. The number of carbonyl (C=O) groups excluding carboxylic acids is 2. The van der Waals surface area contributed by atoms with Crippen LogP contribution >= 0.6 is 15.9 Å². The van der Waals surface area contributed by atoms with Gasteiger partial charge in [-0.25, -0.2) is 4.90 Å². The fourth-order valence-corrected chi connectivity index (χ4v) is 2.62. The van der Waals surface area contributed by atoms with E-state index in [2.05, 4.69) is 15.9 Å². The number of hydrogen-bond acceptors (Lipinski definition) is 2. The van der Waals surface area contributed by atoms with E-state index in [0.717, 1.165) is 10.0 Å². The van der Waals surface area contributed by atoms with E-state index in [4.69, 9.17) is 0 Å². The van der Waals surface area contributed by atoms with Gasteiger partial charge in [0.2, 0.25) is 5.91 Å². The van der Waals surface area contributed by atoms with E-state index in [9.17, 15) is 9.59 Å². The first-order valence-corrected chi connectivity index (χ1v) is 6.67. The first kappa shape index (κ1) is 12.1. The van der Waals surface area contributed by atoms with Gasteiger partial charge in [-0.1, -0.05) is 40.2 Å². The zero-order valence-corrected chi connectivity index (χ0v) is 11.6. The molecule has 0 spiro atoms. The van der Waals surface area contributed by atoms with Gasteiger partial charge in [-0.3, -0.25) is 9.59 Å². The maximum Gasteiger partial charge on any atom is 0.265 e. The van der Waals surface area contributed by atoms with Crippen molar-refractivity contribution in [2.24, 2.45) is 0 Å². The highest BCUT2D eigenvalue weighted by Gasteiger charge is 2.31. The zero-order valence-electron chi connectivity index (χ0n) is 9.97. The Balaban J connectivity index is 2.09. The van der Waals surface area contributed by atoms with Gasteiger partial charge in [0.15, 0.2) is 0 Å². The Morgan fingerprint density at radius 1 is 1.00 bits per heavy atom. The first-order valence-electron chi connectivity index (χ1n) is 5.87. The van der Waals surface area contributed by atoms with Crippen molar-refractivity contribution in [3.8, 4) is 0 Å². The molecular formula is C15H10BrNO2. The molecule has 0 aliphatic carbocycles. The molecule has 2 amide bonds. The Hall–Kier alpha value is -1.94. The molecule has 0 atom stereocenters. The molecule has 0 saturated heterocycles. The van der Waals surface area contributed by atoms with Crippen LogP contribution in [0.25, 0.3) is 0 Å². The molecule has 1 heterocycles. The third-order valence-electron chi connectivity index (χ3n) is 3.11. The van der Waals surface area contributed by atoms with Crippen molar-refractivity contribution < 1.29 is 9.59 Å². The van der Waals surface area contributed by atoms with Gasteiger partial charge in [-0.15, -0.1) is 0 Å². The van der Waals surface area contributed by atoms with Gasteiger partial charge < -0.3 is 0 Å². The lowest BCUT2D eigenvalue weighted by molar-refractivity contribution is -0.117. The SMILES string of the molecule is O=C1Cc2ccccc2C(=O)N1c1cccc(Br)c1. The molecule has 19 heavy (non-hydrogen) atoms. The van der Waals surface area contributed by atoms with E-state index in [1.165, 1.54) is 4.90 Å². The summed E-state index contributed by atoms with van der Waals surface area (Å²) < 4.78 is 0.837. The Labute approximate surface area is 119 Å². The van der Waals surface area contributed by atoms with Crippen molar-refractivity contribution in [3.05, 3.63) is 64.1 Å². The second kappa shape index (κ2) is 4.63. The number of imide groups is 1. The Kier molecular flexibility index (Phi) is 2.95. The highest BCUT2D eigenvalue weighted by Crippen LogP contribution is 2.27. The van der Waals surface area contributed by atoms with Gasteiger partial charge in [-0.05, 0) is 29.8 Å². The second-order valence-electron chi connectivity index (χ2n) is 4.35. The van der Waals surface area contributed by atoms with Gasteiger partial charge in [0.25, 0.3) is 5.91 Å². The van der Waals surface area contributed by atoms with E-state index in [1.54, 1.807) is 24.3 Å². The maximum atomic E-state index is 12.4. The van der Waals surface area contributed by atoms with Gasteiger partial charge in [0.1, 0.15) is 0 Å². The van der Waals surface area contributed by atoms with Crippen molar-refractivity contribution in [2.75, 3.05) is 4.90 Å². The smallest absolute Gasteiger partial charge is 0.265 e. The van der Waals surface area contributed by atoms with Crippen LogP contribution in [0.4, 0.5) is 5.69 Å². The number of nitrogens with zero attached hydrogens (tertiary/aromatic N) is 1. The molecule has 3 rings (SSSR count). The Morgan fingerprint density at radius 3 is 2.58 bits per heavy atom. The minimum atomic E-state index is -0.259. The molecule has 94 valence electrons. The van der Waals surface area contributed by atoms with E-state index in [-0.39, 0.29) is 18.2 Å². The third kappa shape index (κ3) is 2.08. The summed E-state index contributed by atoms with van der Waals surface area (Å²) in [6, 6.07) is 14.4. The number of amides is 2. The number of fused-ring (bicyclic) bond motifs is 1. The van der Waals surface area contributed by atoms with Gasteiger partial charge in [0.05, 0.1) is 12.1 Å². The molecule has 0 saturated carbocycles. The number of carbonyl (C=O) groups is 2. The monoisotopic (exact) mass is 315 g/mol. The van der Waals surface area contributed by atoms with E-state index in [0.29, 0.717) is 11.3 Å². The van der Waals surface area contributed by atoms with Gasteiger partial charge in [-0.2, -0.15) is 0 Å². The molecule has 0 fully saturated rings. The van der Waals surface area contributed by atoms with Crippen molar-refractivity contribution >= 4 is 33.4 Å². The van der Waals surface area contributed by atoms with E-state index in [1.807, 2.05) is 24.3 Å². The van der Waals surface area contributed by atoms with Crippen LogP contribution < -0.4 is 4.90 Å². The number of anilines is 1. The largest absolute Gasteiger partial charge is 0.274 e. The van der Waals surface area contributed by atoms with Crippen LogP contribution in [-0.2, 0) is 11.2 Å². The van der Waals surface area contributed by atoms with Gasteiger partial charge >= 0.3 is 0 Å². The average molecular weight is 316 g/mol. The lowest BCUT2D eigenvalue weighted by Crippen LogP contribution is -2.42.